The number of benzene rings is 2. The molecule has 0 aliphatic rings. The molecule has 0 saturated carbocycles. The zero-order chi connectivity index (χ0) is 13.8. The molecule has 1 nitrogen and oxygen atoms in total. The van der Waals surface area contributed by atoms with Crippen LogP contribution in [0.25, 0.3) is 0 Å². The Morgan fingerprint density at radius 3 is 2.05 bits per heavy atom. The summed E-state index contributed by atoms with van der Waals surface area (Å²) in [6.45, 7) is 4.65. The third-order valence-electron chi connectivity index (χ3n) is 3.08. The summed E-state index contributed by atoms with van der Waals surface area (Å²) >= 11 is 0. The summed E-state index contributed by atoms with van der Waals surface area (Å²) in [5.41, 5.74) is 2.17. The van der Waals surface area contributed by atoms with Crippen LogP contribution in [0.1, 0.15) is 30.9 Å². The Balaban J connectivity index is 2.06. The first-order valence-corrected chi connectivity index (χ1v) is 6.34. The molecule has 0 amide bonds. The van der Waals surface area contributed by atoms with E-state index in [1.54, 1.807) is 0 Å². The lowest BCUT2D eigenvalue weighted by Crippen LogP contribution is -2.03. The zero-order valence-electron chi connectivity index (χ0n) is 11.1. The van der Waals surface area contributed by atoms with E-state index in [1.807, 2.05) is 24.3 Å². The van der Waals surface area contributed by atoms with Gasteiger partial charge in [0.15, 0.2) is 0 Å². The van der Waals surface area contributed by atoms with Gasteiger partial charge in [-0.3, -0.25) is 0 Å². The maximum atomic E-state index is 13.4. The lowest BCUT2D eigenvalue weighted by molar-refractivity contribution is 0.588. The van der Waals surface area contributed by atoms with E-state index in [0.29, 0.717) is 12.5 Å². The summed E-state index contributed by atoms with van der Waals surface area (Å²) in [5.74, 6) is -0.663. The van der Waals surface area contributed by atoms with Crippen LogP contribution in [-0.2, 0) is 6.54 Å². The molecule has 3 heteroatoms. The van der Waals surface area contributed by atoms with Crippen molar-refractivity contribution in [2.75, 3.05) is 5.32 Å². The van der Waals surface area contributed by atoms with Gasteiger partial charge in [0.2, 0.25) is 0 Å². The van der Waals surface area contributed by atoms with Gasteiger partial charge in [-0.2, -0.15) is 0 Å². The van der Waals surface area contributed by atoms with Crippen molar-refractivity contribution in [1.82, 2.24) is 0 Å². The Kier molecular flexibility index (Phi) is 4.15. The standard InChI is InChI=1S/C16H17F2N/c1-11(2)13-8-6-12(7-9-13)10-19-16-14(17)4-3-5-15(16)18/h3-9,11,19H,10H2,1-2H3. The minimum absolute atomic E-state index is 0.0737. The fourth-order valence-electron chi connectivity index (χ4n) is 1.88. The molecule has 0 spiro atoms. The van der Waals surface area contributed by atoms with Gasteiger partial charge in [-0.15, -0.1) is 0 Å². The monoisotopic (exact) mass is 261 g/mol. The molecule has 0 heterocycles. The predicted octanol–water partition coefficient (Wildman–Crippen LogP) is 4.70. The number of rotatable bonds is 4. The molecule has 19 heavy (non-hydrogen) atoms. The van der Waals surface area contributed by atoms with Crippen molar-refractivity contribution in [2.45, 2.75) is 26.3 Å². The van der Waals surface area contributed by atoms with Gasteiger partial charge >= 0.3 is 0 Å². The summed E-state index contributed by atoms with van der Waals surface area (Å²) in [4.78, 5) is 0. The van der Waals surface area contributed by atoms with Crippen LogP contribution in [0.5, 0.6) is 0 Å². The molecule has 0 radical (unpaired) electrons. The van der Waals surface area contributed by atoms with E-state index in [9.17, 15) is 8.78 Å². The van der Waals surface area contributed by atoms with E-state index in [0.717, 1.165) is 5.56 Å². The number of halogens is 2. The van der Waals surface area contributed by atoms with Gasteiger partial charge in [-0.25, -0.2) is 8.78 Å². The highest BCUT2D eigenvalue weighted by atomic mass is 19.1. The van der Waals surface area contributed by atoms with Crippen LogP contribution >= 0.6 is 0 Å². The average molecular weight is 261 g/mol. The highest BCUT2D eigenvalue weighted by Crippen LogP contribution is 2.20. The smallest absolute Gasteiger partial charge is 0.149 e. The second-order valence-corrected chi connectivity index (χ2v) is 4.85. The van der Waals surface area contributed by atoms with Crippen LogP contribution in [0.2, 0.25) is 0 Å². The van der Waals surface area contributed by atoms with Crippen molar-refractivity contribution in [3.8, 4) is 0 Å². The minimum atomic E-state index is -0.571. The third kappa shape index (κ3) is 3.31. The first-order valence-electron chi connectivity index (χ1n) is 6.34. The normalized spacial score (nSPS) is 10.8. The number of anilines is 1. The van der Waals surface area contributed by atoms with Gasteiger partial charge in [0.25, 0.3) is 0 Å². The molecule has 0 fully saturated rings. The molecule has 0 bridgehead atoms. The predicted molar refractivity (Wildman–Crippen MR) is 74.2 cm³/mol. The van der Waals surface area contributed by atoms with E-state index < -0.39 is 11.6 Å². The maximum absolute atomic E-state index is 13.4. The Bertz CT molecular complexity index is 527. The van der Waals surface area contributed by atoms with Crippen LogP contribution in [0.3, 0.4) is 0 Å². The van der Waals surface area contributed by atoms with Crippen molar-refractivity contribution < 1.29 is 8.78 Å². The van der Waals surface area contributed by atoms with E-state index >= 15 is 0 Å². The fourth-order valence-corrected chi connectivity index (χ4v) is 1.88. The van der Waals surface area contributed by atoms with Crippen LogP contribution in [0, 0.1) is 11.6 Å². The Hall–Kier alpha value is -1.90. The maximum Gasteiger partial charge on any atom is 0.149 e. The molecule has 100 valence electrons. The SMILES string of the molecule is CC(C)c1ccc(CNc2c(F)cccc2F)cc1. The number of para-hydroxylation sites is 1. The zero-order valence-corrected chi connectivity index (χ0v) is 11.1. The van der Waals surface area contributed by atoms with Crippen molar-refractivity contribution in [3.05, 3.63) is 65.2 Å². The van der Waals surface area contributed by atoms with Crippen molar-refractivity contribution in [1.29, 1.82) is 0 Å². The fraction of sp³-hybridized carbons (Fsp3) is 0.250. The average Bonchev–Trinajstić information content (AvgIpc) is 2.38. The summed E-state index contributed by atoms with van der Waals surface area (Å²) in [6, 6.07) is 11.9. The van der Waals surface area contributed by atoms with Gasteiger partial charge < -0.3 is 5.32 Å². The Morgan fingerprint density at radius 2 is 1.53 bits per heavy atom. The third-order valence-corrected chi connectivity index (χ3v) is 3.08. The topological polar surface area (TPSA) is 12.0 Å². The van der Waals surface area contributed by atoms with E-state index in [1.165, 1.54) is 23.8 Å². The van der Waals surface area contributed by atoms with E-state index in [2.05, 4.69) is 19.2 Å². The molecule has 1 N–H and O–H groups in total. The largest absolute Gasteiger partial charge is 0.376 e. The first kappa shape index (κ1) is 13.5. The lowest BCUT2D eigenvalue weighted by Gasteiger charge is -2.10. The van der Waals surface area contributed by atoms with Crippen molar-refractivity contribution in [2.24, 2.45) is 0 Å². The Labute approximate surface area is 112 Å². The molecule has 0 aliphatic heterocycles. The summed E-state index contributed by atoms with van der Waals surface area (Å²) in [6.07, 6.45) is 0. The first-order chi connectivity index (χ1) is 9.08. The molecule has 0 saturated heterocycles. The highest BCUT2D eigenvalue weighted by Gasteiger charge is 2.07. The highest BCUT2D eigenvalue weighted by molar-refractivity contribution is 5.46. The van der Waals surface area contributed by atoms with Crippen molar-refractivity contribution in [3.63, 3.8) is 0 Å². The van der Waals surface area contributed by atoms with Gasteiger partial charge in [-0.1, -0.05) is 44.2 Å². The molecular formula is C16H17F2N. The second-order valence-electron chi connectivity index (χ2n) is 4.85. The summed E-state index contributed by atoms with van der Waals surface area (Å²) in [5, 5.41) is 2.80. The van der Waals surface area contributed by atoms with Crippen LogP contribution < -0.4 is 5.32 Å². The second kappa shape index (κ2) is 5.83. The van der Waals surface area contributed by atoms with Crippen molar-refractivity contribution >= 4 is 5.69 Å². The van der Waals surface area contributed by atoms with E-state index in [-0.39, 0.29) is 5.69 Å². The number of hydrogen-bond acceptors (Lipinski definition) is 1. The molecular weight excluding hydrogens is 244 g/mol. The lowest BCUT2D eigenvalue weighted by atomic mass is 10.0. The van der Waals surface area contributed by atoms with Crippen LogP contribution in [0.4, 0.5) is 14.5 Å². The summed E-state index contributed by atoms with van der Waals surface area (Å²) in [7, 11) is 0. The van der Waals surface area contributed by atoms with Gasteiger partial charge in [0.1, 0.15) is 17.3 Å². The molecule has 2 rings (SSSR count). The van der Waals surface area contributed by atoms with Crippen LogP contribution in [-0.4, -0.2) is 0 Å². The Morgan fingerprint density at radius 1 is 0.947 bits per heavy atom. The van der Waals surface area contributed by atoms with E-state index in [4.69, 9.17) is 0 Å². The quantitative estimate of drug-likeness (QED) is 0.841. The van der Waals surface area contributed by atoms with Gasteiger partial charge in [-0.05, 0) is 29.2 Å². The minimum Gasteiger partial charge on any atom is -0.376 e. The summed E-state index contributed by atoms with van der Waals surface area (Å²) < 4.78 is 26.8. The number of hydrogen-bond donors (Lipinski definition) is 1. The molecule has 0 aliphatic carbocycles. The molecule has 2 aromatic carbocycles. The van der Waals surface area contributed by atoms with Gasteiger partial charge in [0, 0.05) is 6.54 Å². The van der Waals surface area contributed by atoms with Gasteiger partial charge in [0.05, 0.1) is 0 Å². The number of nitrogens with one attached hydrogen (secondary N) is 1. The molecule has 2 aromatic rings. The molecule has 0 unspecified atom stereocenters. The van der Waals surface area contributed by atoms with Crippen LogP contribution in [0.15, 0.2) is 42.5 Å². The molecule has 0 aromatic heterocycles. The molecule has 0 atom stereocenters.